The Labute approximate surface area is 144 Å². The number of hydrogen-bond donors (Lipinski definition) is 1. The van der Waals surface area contributed by atoms with Crippen molar-refractivity contribution in [3.8, 4) is 17.2 Å². The van der Waals surface area contributed by atoms with Crippen LogP contribution < -0.4 is 19.5 Å². The molecular weight excluding hydrogens is 302 g/mol. The molecule has 4 bridgehead atoms. The maximum atomic E-state index is 5.60. The van der Waals surface area contributed by atoms with Crippen molar-refractivity contribution in [1.29, 1.82) is 0 Å². The van der Waals surface area contributed by atoms with Crippen molar-refractivity contribution in [3.05, 3.63) is 17.7 Å². The van der Waals surface area contributed by atoms with Crippen molar-refractivity contribution in [1.82, 2.24) is 0 Å². The highest BCUT2D eigenvalue weighted by atomic mass is 16.5. The highest BCUT2D eigenvalue weighted by molar-refractivity contribution is 5.50. The van der Waals surface area contributed by atoms with Gasteiger partial charge in [-0.3, -0.25) is 0 Å². The van der Waals surface area contributed by atoms with Crippen molar-refractivity contribution < 1.29 is 19.5 Å². The van der Waals surface area contributed by atoms with Gasteiger partial charge >= 0.3 is 0 Å². The fraction of sp³-hybridized carbons (Fsp3) is 0.700. The second-order valence-electron chi connectivity index (χ2n) is 8.21. The van der Waals surface area contributed by atoms with Crippen LogP contribution in [-0.2, 0) is 6.54 Å². The number of ether oxygens (including phenoxy) is 3. The van der Waals surface area contributed by atoms with E-state index in [1.54, 1.807) is 21.3 Å². The predicted molar refractivity (Wildman–Crippen MR) is 92.6 cm³/mol. The molecule has 5 rings (SSSR count). The normalized spacial score (nSPS) is 33.5. The number of benzene rings is 1. The molecule has 0 aliphatic heterocycles. The van der Waals surface area contributed by atoms with Crippen LogP contribution in [0.2, 0.25) is 0 Å². The van der Waals surface area contributed by atoms with Gasteiger partial charge in [-0.25, -0.2) is 0 Å². The van der Waals surface area contributed by atoms with E-state index in [4.69, 9.17) is 14.2 Å². The highest BCUT2D eigenvalue weighted by Gasteiger charge is 2.53. The smallest absolute Gasteiger partial charge is 0.164 e. The topological polar surface area (TPSA) is 44.3 Å². The molecule has 0 unspecified atom stereocenters. The number of quaternary nitrogens is 1. The molecule has 0 heterocycles. The molecule has 132 valence electrons. The third-order valence-corrected chi connectivity index (χ3v) is 6.63. The van der Waals surface area contributed by atoms with Gasteiger partial charge in [0, 0.05) is 25.3 Å². The van der Waals surface area contributed by atoms with Gasteiger partial charge in [0.25, 0.3) is 0 Å². The van der Waals surface area contributed by atoms with Crippen molar-refractivity contribution in [2.75, 3.05) is 21.3 Å². The van der Waals surface area contributed by atoms with Gasteiger partial charge in [-0.1, -0.05) is 0 Å². The van der Waals surface area contributed by atoms with Gasteiger partial charge in [0.2, 0.25) is 0 Å². The summed E-state index contributed by atoms with van der Waals surface area (Å²) >= 11 is 0. The highest BCUT2D eigenvalue weighted by Crippen LogP contribution is 2.54. The Morgan fingerprint density at radius 2 is 1.33 bits per heavy atom. The van der Waals surface area contributed by atoms with Crippen LogP contribution in [0.3, 0.4) is 0 Å². The molecule has 4 nitrogen and oxygen atoms in total. The average molecular weight is 332 g/mol. The first-order chi connectivity index (χ1) is 11.6. The molecule has 1 aromatic rings. The second-order valence-corrected chi connectivity index (χ2v) is 8.21. The lowest BCUT2D eigenvalue weighted by Crippen LogP contribution is -2.97. The van der Waals surface area contributed by atoms with Crippen LogP contribution in [0.5, 0.6) is 17.2 Å². The summed E-state index contributed by atoms with van der Waals surface area (Å²) in [5.74, 6) is 5.37. The van der Waals surface area contributed by atoms with E-state index in [9.17, 15) is 0 Å². The molecule has 0 saturated heterocycles. The summed E-state index contributed by atoms with van der Waals surface area (Å²) < 4.78 is 16.5. The molecule has 0 spiro atoms. The first-order valence-corrected chi connectivity index (χ1v) is 9.28. The molecule has 0 atom stereocenters. The van der Waals surface area contributed by atoms with Crippen LogP contribution in [0.4, 0.5) is 0 Å². The average Bonchev–Trinajstić information content (AvgIpc) is 2.58. The Morgan fingerprint density at radius 3 is 1.83 bits per heavy atom. The summed E-state index contributed by atoms with van der Waals surface area (Å²) in [5.41, 5.74) is 1.68. The van der Waals surface area contributed by atoms with Crippen LogP contribution in [0.1, 0.15) is 44.1 Å². The zero-order valence-electron chi connectivity index (χ0n) is 15.1. The lowest BCUT2D eigenvalue weighted by atomic mass is 9.53. The van der Waals surface area contributed by atoms with E-state index in [2.05, 4.69) is 11.4 Å². The van der Waals surface area contributed by atoms with E-state index < -0.39 is 0 Å². The molecule has 4 fully saturated rings. The van der Waals surface area contributed by atoms with Gasteiger partial charge in [0.1, 0.15) is 12.3 Å². The van der Waals surface area contributed by atoms with Gasteiger partial charge in [-0.2, -0.15) is 0 Å². The first kappa shape index (κ1) is 16.1. The molecule has 4 aliphatic carbocycles. The minimum absolute atomic E-state index is 0.479. The van der Waals surface area contributed by atoms with Crippen LogP contribution in [0.15, 0.2) is 12.1 Å². The third-order valence-electron chi connectivity index (χ3n) is 6.63. The molecule has 1 aromatic carbocycles. The molecule has 0 radical (unpaired) electrons. The molecule has 4 heteroatoms. The molecule has 4 saturated carbocycles. The fourth-order valence-electron chi connectivity index (χ4n) is 6.01. The van der Waals surface area contributed by atoms with Crippen molar-refractivity contribution in [3.63, 3.8) is 0 Å². The fourth-order valence-corrected chi connectivity index (χ4v) is 6.01. The molecule has 4 aliphatic rings. The second kappa shape index (κ2) is 6.14. The van der Waals surface area contributed by atoms with Crippen LogP contribution in [0.25, 0.3) is 0 Å². The van der Waals surface area contributed by atoms with Crippen molar-refractivity contribution in [2.45, 2.75) is 50.6 Å². The summed E-state index contributed by atoms with van der Waals surface area (Å²) in [7, 11) is 5.09. The predicted octanol–water partition coefficient (Wildman–Crippen LogP) is 2.74. The van der Waals surface area contributed by atoms with E-state index in [1.807, 2.05) is 6.07 Å². The van der Waals surface area contributed by atoms with E-state index in [0.29, 0.717) is 5.54 Å². The van der Waals surface area contributed by atoms with Crippen LogP contribution in [0, 0.1) is 17.8 Å². The minimum atomic E-state index is 0.479. The van der Waals surface area contributed by atoms with E-state index >= 15 is 0 Å². The van der Waals surface area contributed by atoms with E-state index in [-0.39, 0.29) is 0 Å². The molecule has 2 N–H and O–H groups in total. The zero-order valence-corrected chi connectivity index (χ0v) is 15.1. The van der Waals surface area contributed by atoms with Crippen molar-refractivity contribution >= 4 is 0 Å². The summed E-state index contributed by atoms with van der Waals surface area (Å²) in [6, 6.07) is 4.02. The van der Waals surface area contributed by atoms with Crippen LogP contribution in [-0.4, -0.2) is 26.9 Å². The molecule has 0 aromatic heterocycles. The van der Waals surface area contributed by atoms with E-state index in [1.165, 1.54) is 44.1 Å². The van der Waals surface area contributed by atoms with Gasteiger partial charge in [0.15, 0.2) is 11.5 Å². The van der Waals surface area contributed by atoms with Crippen molar-refractivity contribution in [2.24, 2.45) is 17.8 Å². The largest absolute Gasteiger partial charge is 0.496 e. The summed E-state index contributed by atoms with van der Waals surface area (Å²) in [4.78, 5) is 0. The number of nitrogens with two attached hydrogens (primary N) is 1. The Kier molecular flexibility index (Phi) is 4.11. The first-order valence-electron chi connectivity index (χ1n) is 9.28. The van der Waals surface area contributed by atoms with Gasteiger partial charge in [-0.05, 0) is 43.1 Å². The Hall–Kier alpha value is -1.42. The molecular formula is C20H30NO3+. The zero-order chi connectivity index (χ0) is 16.7. The SMILES string of the molecule is COc1cc(OC)c(OC)cc1C[NH2+]C12CC3CC(CC(C3)C1)C2. The molecule has 0 amide bonds. The Morgan fingerprint density at radius 1 is 0.833 bits per heavy atom. The van der Waals surface area contributed by atoms with Gasteiger partial charge < -0.3 is 19.5 Å². The van der Waals surface area contributed by atoms with Crippen LogP contribution >= 0.6 is 0 Å². The third kappa shape index (κ3) is 2.75. The summed E-state index contributed by atoms with van der Waals surface area (Å²) in [6.07, 6.45) is 8.71. The number of methoxy groups -OCH3 is 3. The Balaban J connectivity index is 1.53. The maximum absolute atomic E-state index is 5.60. The van der Waals surface area contributed by atoms with E-state index in [0.717, 1.165) is 41.5 Å². The maximum Gasteiger partial charge on any atom is 0.164 e. The molecule has 24 heavy (non-hydrogen) atoms. The monoisotopic (exact) mass is 332 g/mol. The standard InChI is InChI=1S/C20H29NO3/c1-22-17-8-19(24-3)18(23-2)7-16(17)12-21-20-9-13-4-14(10-20)6-15(5-13)11-20/h7-8,13-15,21H,4-6,9-12H2,1-3H3/p+1. The van der Waals surface area contributed by atoms with Gasteiger partial charge in [-0.15, -0.1) is 0 Å². The number of rotatable bonds is 6. The number of hydrogen-bond acceptors (Lipinski definition) is 3. The van der Waals surface area contributed by atoms with Gasteiger partial charge in [0.05, 0.1) is 32.4 Å². The minimum Gasteiger partial charge on any atom is -0.496 e. The Bertz CT molecular complexity index is 578. The lowest BCUT2D eigenvalue weighted by molar-refractivity contribution is -0.752. The summed E-state index contributed by atoms with van der Waals surface area (Å²) in [6.45, 7) is 0.954. The lowest BCUT2D eigenvalue weighted by Gasteiger charge is -2.54. The summed E-state index contributed by atoms with van der Waals surface area (Å²) in [5, 5.41) is 2.61. The quantitative estimate of drug-likeness (QED) is 0.871.